The third kappa shape index (κ3) is 1.59. The van der Waals surface area contributed by atoms with Crippen LogP contribution < -0.4 is 5.73 Å². The highest BCUT2D eigenvalue weighted by Crippen LogP contribution is 2.18. The number of rotatable bonds is 2. The third-order valence-electron chi connectivity index (χ3n) is 2.23. The van der Waals surface area contributed by atoms with Crippen LogP contribution in [0.15, 0.2) is 36.9 Å². The van der Waals surface area contributed by atoms with E-state index in [0.717, 1.165) is 11.3 Å². The van der Waals surface area contributed by atoms with Crippen molar-refractivity contribution in [2.24, 2.45) is 0 Å². The van der Waals surface area contributed by atoms with Gasteiger partial charge in [0.2, 0.25) is 0 Å². The number of hydrogen-bond donors (Lipinski definition) is 1. The Balaban J connectivity index is 2.32. The summed E-state index contributed by atoms with van der Waals surface area (Å²) < 4.78 is 1.80. The standard InChI is InChI=1S/C10H12N4/c1-8(14-7-12-6-13-14)9-3-2-4-10(11)5-9/h2-8H,11H2,1H3. The second-order valence-electron chi connectivity index (χ2n) is 3.22. The fraction of sp³-hybridized carbons (Fsp3) is 0.200. The van der Waals surface area contributed by atoms with Gasteiger partial charge < -0.3 is 5.73 Å². The molecule has 0 fully saturated rings. The molecule has 1 aromatic carbocycles. The van der Waals surface area contributed by atoms with E-state index in [2.05, 4.69) is 17.0 Å². The van der Waals surface area contributed by atoms with Crippen molar-refractivity contribution in [3.8, 4) is 0 Å². The summed E-state index contributed by atoms with van der Waals surface area (Å²) in [5.74, 6) is 0. The molecule has 0 aliphatic heterocycles. The van der Waals surface area contributed by atoms with Gasteiger partial charge in [-0.3, -0.25) is 0 Å². The van der Waals surface area contributed by atoms with Crippen molar-refractivity contribution in [3.05, 3.63) is 42.5 Å². The lowest BCUT2D eigenvalue weighted by atomic mass is 10.1. The van der Waals surface area contributed by atoms with E-state index in [1.807, 2.05) is 24.3 Å². The average molecular weight is 188 g/mol. The van der Waals surface area contributed by atoms with Gasteiger partial charge in [-0.2, -0.15) is 5.10 Å². The summed E-state index contributed by atoms with van der Waals surface area (Å²) in [6.07, 6.45) is 3.23. The SMILES string of the molecule is CC(c1cccc(N)c1)n1cncn1. The van der Waals surface area contributed by atoms with Gasteiger partial charge in [0.15, 0.2) is 0 Å². The smallest absolute Gasteiger partial charge is 0.137 e. The van der Waals surface area contributed by atoms with Crippen molar-refractivity contribution >= 4 is 5.69 Å². The molecule has 0 amide bonds. The Morgan fingerprint density at radius 2 is 2.29 bits per heavy atom. The van der Waals surface area contributed by atoms with Crippen LogP contribution in [0.25, 0.3) is 0 Å². The van der Waals surface area contributed by atoms with E-state index in [-0.39, 0.29) is 6.04 Å². The normalized spacial score (nSPS) is 12.6. The Hall–Kier alpha value is -1.84. The van der Waals surface area contributed by atoms with E-state index in [9.17, 15) is 0 Å². The molecule has 4 heteroatoms. The topological polar surface area (TPSA) is 56.7 Å². The lowest BCUT2D eigenvalue weighted by molar-refractivity contribution is 0.563. The predicted octanol–water partition coefficient (Wildman–Crippen LogP) is 1.47. The fourth-order valence-corrected chi connectivity index (χ4v) is 1.39. The van der Waals surface area contributed by atoms with Crippen LogP contribution in [0.5, 0.6) is 0 Å². The van der Waals surface area contributed by atoms with Crippen LogP contribution in [0.1, 0.15) is 18.5 Å². The summed E-state index contributed by atoms with van der Waals surface area (Å²) in [7, 11) is 0. The van der Waals surface area contributed by atoms with Crippen LogP contribution in [-0.4, -0.2) is 14.8 Å². The molecule has 1 heterocycles. The zero-order chi connectivity index (χ0) is 9.97. The maximum Gasteiger partial charge on any atom is 0.137 e. The van der Waals surface area contributed by atoms with Crippen molar-refractivity contribution in [2.45, 2.75) is 13.0 Å². The number of nitrogens with two attached hydrogens (primary N) is 1. The van der Waals surface area contributed by atoms with Gasteiger partial charge in [-0.25, -0.2) is 9.67 Å². The molecule has 0 aliphatic rings. The first-order chi connectivity index (χ1) is 6.77. The lowest BCUT2D eigenvalue weighted by Crippen LogP contribution is -2.07. The molecule has 0 saturated heterocycles. The summed E-state index contributed by atoms with van der Waals surface area (Å²) in [5, 5.41) is 4.09. The first kappa shape index (κ1) is 8.74. The molecule has 72 valence electrons. The minimum Gasteiger partial charge on any atom is -0.399 e. The minimum atomic E-state index is 0.168. The van der Waals surface area contributed by atoms with Gasteiger partial charge in [0, 0.05) is 5.69 Å². The first-order valence-electron chi connectivity index (χ1n) is 4.47. The van der Waals surface area contributed by atoms with Crippen LogP contribution in [0.4, 0.5) is 5.69 Å². The molecule has 0 spiro atoms. The minimum absolute atomic E-state index is 0.168. The highest BCUT2D eigenvalue weighted by molar-refractivity contribution is 5.41. The third-order valence-corrected chi connectivity index (χ3v) is 2.23. The molecule has 0 aliphatic carbocycles. The van der Waals surface area contributed by atoms with Gasteiger partial charge in [0.25, 0.3) is 0 Å². The number of nitrogen functional groups attached to an aromatic ring is 1. The van der Waals surface area contributed by atoms with Crippen molar-refractivity contribution in [1.82, 2.24) is 14.8 Å². The molecule has 1 aromatic heterocycles. The summed E-state index contributed by atoms with van der Waals surface area (Å²) in [4.78, 5) is 3.91. The van der Waals surface area contributed by atoms with Crippen LogP contribution in [0.3, 0.4) is 0 Å². The second-order valence-corrected chi connectivity index (χ2v) is 3.22. The van der Waals surface area contributed by atoms with Gasteiger partial charge in [-0.15, -0.1) is 0 Å². The first-order valence-corrected chi connectivity index (χ1v) is 4.47. The monoisotopic (exact) mass is 188 g/mol. The van der Waals surface area contributed by atoms with E-state index in [0.29, 0.717) is 0 Å². The molecular formula is C10H12N4. The highest BCUT2D eigenvalue weighted by atomic mass is 15.3. The van der Waals surface area contributed by atoms with Gasteiger partial charge in [0.1, 0.15) is 12.7 Å². The van der Waals surface area contributed by atoms with Crippen molar-refractivity contribution < 1.29 is 0 Å². The van der Waals surface area contributed by atoms with E-state index in [4.69, 9.17) is 5.73 Å². The lowest BCUT2D eigenvalue weighted by Gasteiger charge is -2.11. The molecule has 4 nitrogen and oxygen atoms in total. The summed E-state index contributed by atoms with van der Waals surface area (Å²) in [6, 6.07) is 7.96. The average Bonchev–Trinajstić information content (AvgIpc) is 2.69. The summed E-state index contributed by atoms with van der Waals surface area (Å²) in [6.45, 7) is 2.06. The number of anilines is 1. The van der Waals surface area contributed by atoms with Crippen LogP contribution in [0, 0.1) is 0 Å². The van der Waals surface area contributed by atoms with Gasteiger partial charge in [-0.1, -0.05) is 12.1 Å². The Bertz CT molecular complexity index is 408. The number of benzene rings is 1. The molecule has 2 rings (SSSR count). The van der Waals surface area contributed by atoms with E-state index >= 15 is 0 Å². The van der Waals surface area contributed by atoms with Gasteiger partial charge >= 0.3 is 0 Å². The van der Waals surface area contributed by atoms with E-state index < -0.39 is 0 Å². The highest BCUT2D eigenvalue weighted by Gasteiger charge is 2.07. The fourth-order valence-electron chi connectivity index (χ4n) is 1.39. The van der Waals surface area contributed by atoms with Crippen LogP contribution in [0.2, 0.25) is 0 Å². The predicted molar refractivity (Wildman–Crippen MR) is 54.7 cm³/mol. The van der Waals surface area contributed by atoms with Crippen LogP contribution in [-0.2, 0) is 0 Å². The molecule has 0 radical (unpaired) electrons. The van der Waals surface area contributed by atoms with Crippen LogP contribution >= 0.6 is 0 Å². The number of hydrogen-bond acceptors (Lipinski definition) is 3. The summed E-state index contributed by atoms with van der Waals surface area (Å²) in [5.41, 5.74) is 7.61. The Kier molecular flexibility index (Phi) is 2.18. The maximum atomic E-state index is 5.70. The number of aromatic nitrogens is 3. The van der Waals surface area contributed by atoms with Gasteiger partial charge in [-0.05, 0) is 24.6 Å². The Morgan fingerprint density at radius 3 is 2.93 bits per heavy atom. The van der Waals surface area contributed by atoms with E-state index in [1.54, 1.807) is 11.0 Å². The molecule has 1 unspecified atom stereocenters. The molecule has 0 bridgehead atoms. The van der Waals surface area contributed by atoms with Crippen molar-refractivity contribution in [1.29, 1.82) is 0 Å². The number of nitrogens with zero attached hydrogens (tertiary/aromatic N) is 3. The molecule has 1 atom stereocenters. The second kappa shape index (κ2) is 3.49. The molecule has 2 aromatic rings. The van der Waals surface area contributed by atoms with Gasteiger partial charge in [0.05, 0.1) is 6.04 Å². The van der Waals surface area contributed by atoms with Crippen molar-refractivity contribution in [2.75, 3.05) is 5.73 Å². The molecule has 0 saturated carbocycles. The molecule has 14 heavy (non-hydrogen) atoms. The molecule has 2 N–H and O–H groups in total. The summed E-state index contributed by atoms with van der Waals surface area (Å²) >= 11 is 0. The zero-order valence-electron chi connectivity index (χ0n) is 7.96. The Labute approximate surface area is 82.4 Å². The quantitative estimate of drug-likeness (QED) is 0.726. The molecular weight excluding hydrogens is 176 g/mol. The Morgan fingerprint density at radius 1 is 1.43 bits per heavy atom. The van der Waals surface area contributed by atoms with E-state index in [1.165, 1.54) is 6.33 Å². The largest absolute Gasteiger partial charge is 0.399 e. The van der Waals surface area contributed by atoms with Crippen molar-refractivity contribution in [3.63, 3.8) is 0 Å². The zero-order valence-corrected chi connectivity index (χ0v) is 7.96. The maximum absolute atomic E-state index is 5.70.